The highest BCUT2D eigenvalue weighted by atomic mass is 19.2. The normalized spacial score (nSPS) is 15.7. The summed E-state index contributed by atoms with van der Waals surface area (Å²) in [7, 11) is 0. The Morgan fingerprint density at radius 2 is 1.94 bits per heavy atom. The Bertz CT molecular complexity index is 573. The quantitative estimate of drug-likeness (QED) is 0.793. The highest BCUT2D eigenvalue weighted by Gasteiger charge is 2.21. The van der Waals surface area contributed by atoms with E-state index in [9.17, 15) is 13.2 Å². The Hall–Kier alpha value is -1.49. The van der Waals surface area contributed by atoms with Crippen LogP contribution in [0.15, 0.2) is 12.1 Å². The molecule has 2 aromatic rings. The molecule has 1 heterocycles. The Labute approximate surface area is 95.8 Å². The van der Waals surface area contributed by atoms with E-state index in [4.69, 9.17) is 0 Å². The molecular formula is C12H11F3N2. The number of aromatic nitrogens is 1. The second-order valence-corrected chi connectivity index (χ2v) is 4.39. The molecule has 0 atom stereocenters. The second-order valence-electron chi connectivity index (χ2n) is 4.39. The van der Waals surface area contributed by atoms with Crippen LogP contribution in [0, 0.1) is 17.5 Å². The number of hydrogen-bond donors (Lipinski definition) is 2. The summed E-state index contributed by atoms with van der Waals surface area (Å²) < 4.78 is 39.8. The zero-order valence-electron chi connectivity index (χ0n) is 8.99. The van der Waals surface area contributed by atoms with Crippen LogP contribution in [0.1, 0.15) is 18.5 Å². The predicted octanol–water partition coefficient (Wildman–Crippen LogP) is 2.84. The SMILES string of the molecule is Fc1cc(F)c2[nH]c(CNC3CC3)cc2c1F. The van der Waals surface area contributed by atoms with Gasteiger partial charge in [-0.05, 0) is 18.9 Å². The zero-order valence-corrected chi connectivity index (χ0v) is 8.99. The lowest BCUT2D eigenvalue weighted by Crippen LogP contribution is -2.15. The van der Waals surface area contributed by atoms with Crippen molar-refractivity contribution in [3.8, 4) is 0 Å². The molecular weight excluding hydrogens is 229 g/mol. The number of fused-ring (bicyclic) bond motifs is 1. The van der Waals surface area contributed by atoms with Crippen molar-refractivity contribution >= 4 is 10.9 Å². The number of aromatic amines is 1. The lowest BCUT2D eigenvalue weighted by Gasteiger charge is -1.98. The van der Waals surface area contributed by atoms with Crippen LogP contribution in [0.5, 0.6) is 0 Å². The molecule has 0 saturated heterocycles. The largest absolute Gasteiger partial charge is 0.355 e. The van der Waals surface area contributed by atoms with Crippen molar-refractivity contribution < 1.29 is 13.2 Å². The second kappa shape index (κ2) is 3.77. The van der Waals surface area contributed by atoms with Gasteiger partial charge in [-0.15, -0.1) is 0 Å². The van der Waals surface area contributed by atoms with Crippen molar-refractivity contribution in [2.24, 2.45) is 0 Å². The van der Waals surface area contributed by atoms with Gasteiger partial charge in [0.05, 0.1) is 5.52 Å². The summed E-state index contributed by atoms with van der Waals surface area (Å²) in [6, 6.07) is 2.52. The molecule has 2 N–H and O–H groups in total. The summed E-state index contributed by atoms with van der Waals surface area (Å²) in [5.74, 6) is -2.93. The molecule has 0 aliphatic heterocycles. The highest BCUT2D eigenvalue weighted by molar-refractivity contribution is 5.81. The number of hydrogen-bond acceptors (Lipinski definition) is 1. The van der Waals surface area contributed by atoms with Gasteiger partial charge in [0.25, 0.3) is 0 Å². The van der Waals surface area contributed by atoms with Gasteiger partial charge in [-0.1, -0.05) is 0 Å². The van der Waals surface area contributed by atoms with Gasteiger partial charge in [-0.3, -0.25) is 0 Å². The van der Waals surface area contributed by atoms with Crippen molar-refractivity contribution in [2.45, 2.75) is 25.4 Å². The van der Waals surface area contributed by atoms with Gasteiger partial charge in [0.1, 0.15) is 5.82 Å². The summed E-state index contributed by atoms with van der Waals surface area (Å²) in [5, 5.41) is 3.19. The standard InChI is InChI=1S/C12H11F3N2/c13-9-4-10(14)12-8(11(9)15)3-7(17-12)5-16-6-1-2-6/h3-4,6,16-17H,1-2,5H2. The first-order valence-electron chi connectivity index (χ1n) is 5.53. The molecule has 0 amide bonds. The summed E-state index contributed by atoms with van der Waals surface area (Å²) in [6.45, 7) is 0.514. The minimum absolute atomic E-state index is 0.0245. The van der Waals surface area contributed by atoms with Crippen LogP contribution in [0.3, 0.4) is 0 Å². The van der Waals surface area contributed by atoms with Crippen molar-refractivity contribution in [3.63, 3.8) is 0 Å². The Morgan fingerprint density at radius 3 is 2.65 bits per heavy atom. The fourth-order valence-electron chi connectivity index (χ4n) is 1.88. The highest BCUT2D eigenvalue weighted by Crippen LogP contribution is 2.25. The van der Waals surface area contributed by atoms with Crippen LogP contribution in [0.2, 0.25) is 0 Å². The average Bonchev–Trinajstić information content (AvgIpc) is 3.02. The van der Waals surface area contributed by atoms with Crippen molar-refractivity contribution in [2.75, 3.05) is 0 Å². The molecule has 5 heteroatoms. The minimum Gasteiger partial charge on any atom is -0.355 e. The van der Waals surface area contributed by atoms with Crippen LogP contribution < -0.4 is 5.32 Å². The molecule has 1 aliphatic rings. The lowest BCUT2D eigenvalue weighted by atomic mass is 10.2. The number of benzene rings is 1. The third-order valence-corrected chi connectivity index (χ3v) is 2.97. The maximum Gasteiger partial charge on any atom is 0.168 e. The first-order chi connectivity index (χ1) is 8.15. The van der Waals surface area contributed by atoms with E-state index in [-0.39, 0.29) is 10.9 Å². The Morgan fingerprint density at radius 1 is 1.18 bits per heavy atom. The van der Waals surface area contributed by atoms with E-state index in [1.54, 1.807) is 0 Å². The zero-order chi connectivity index (χ0) is 12.0. The van der Waals surface area contributed by atoms with E-state index in [1.165, 1.54) is 6.07 Å². The first kappa shape index (κ1) is 10.7. The van der Waals surface area contributed by atoms with Gasteiger partial charge in [0.15, 0.2) is 11.6 Å². The molecule has 3 rings (SSSR count). The molecule has 0 radical (unpaired) electrons. The number of halogens is 3. The van der Waals surface area contributed by atoms with E-state index in [0.717, 1.165) is 12.8 Å². The molecule has 1 aromatic carbocycles. The molecule has 1 saturated carbocycles. The molecule has 0 spiro atoms. The van der Waals surface area contributed by atoms with Crippen LogP contribution >= 0.6 is 0 Å². The lowest BCUT2D eigenvalue weighted by molar-refractivity contribution is 0.505. The maximum atomic E-state index is 13.4. The van der Waals surface area contributed by atoms with Crippen molar-refractivity contribution in [3.05, 3.63) is 35.3 Å². The van der Waals surface area contributed by atoms with Crippen LogP contribution in [0.4, 0.5) is 13.2 Å². The molecule has 1 aliphatic carbocycles. The van der Waals surface area contributed by atoms with Crippen LogP contribution in [-0.4, -0.2) is 11.0 Å². The molecule has 1 aromatic heterocycles. The predicted molar refractivity (Wildman–Crippen MR) is 58.0 cm³/mol. The number of rotatable bonds is 3. The van der Waals surface area contributed by atoms with E-state index in [0.29, 0.717) is 24.3 Å². The third-order valence-electron chi connectivity index (χ3n) is 2.97. The van der Waals surface area contributed by atoms with Crippen molar-refractivity contribution in [1.82, 2.24) is 10.3 Å². The molecule has 0 unspecified atom stereocenters. The number of nitrogens with one attached hydrogen (secondary N) is 2. The first-order valence-corrected chi connectivity index (χ1v) is 5.53. The van der Waals surface area contributed by atoms with E-state index >= 15 is 0 Å². The molecule has 0 bridgehead atoms. The minimum atomic E-state index is -1.16. The van der Waals surface area contributed by atoms with Crippen LogP contribution in [0.25, 0.3) is 10.9 Å². The van der Waals surface area contributed by atoms with E-state index < -0.39 is 17.5 Å². The molecule has 1 fully saturated rings. The van der Waals surface area contributed by atoms with Gasteiger partial charge < -0.3 is 10.3 Å². The average molecular weight is 240 g/mol. The smallest absolute Gasteiger partial charge is 0.168 e. The summed E-state index contributed by atoms with van der Waals surface area (Å²) in [6.07, 6.45) is 2.27. The topological polar surface area (TPSA) is 27.8 Å². The Balaban J connectivity index is 1.98. The van der Waals surface area contributed by atoms with Gasteiger partial charge in [0.2, 0.25) is 0 Å². The van der Waals surface area contributed by atoms with Gasteiger partial charge in [-0.25, -0.2) is 13.2 Å². The summed E-state index contributed by atoms with van der Waals surface area (Å²) >= 11 is 0. The fourth-order valence-corrected chi connectivity index (χ4v) is 1.88. The summed E-state index contributed by atoms with van der Waals surface area (Å²) in [4.78, 5) is 2.77. The van der Waals surface area contributed by atoms with Crippen molar-refractivity contribution in [1.29, 1.82) is 0 Å². The molecule has 17 heavy (non-hydrogen) atoms. The third kappa shape index (κ3) is 1.91. The molecule has 2 nitrogen and oxygen atoms in total. The summed E-state index contributed by atoms with van der Waals surface area (Å²) in [5.41, 5.74) is 0.687. The molecule has 90 valence electrons. The van der Waals surface area contributed by atoms with E-state index in [1.807, 2.05) is 0 Å². The van der Waals surface area contributed by atoms with Gasteiger partial charge in [0, 0.05) is 29.7 Å². The monoisotopic (exact) mass is 240 g/mol. The van der Waals surface area contributed by atoms with E-state index in [2.05, 4.69) is 10.3 Å². The van der Waals surface area contributed by atoms with Gasteiger partial charge >= 0.3 is 0 Å². The van der Waals surface area contributed by atoms with Gasteiger partial charge in [-0.2, -0.15) is 0 Å². The van der Waals surface area contributed by atoms with Crippen LogP contribution in [-0.2, 0) is 6.54 Å². The number of H-pyrrole nitrogens is 1. The fraction of sp³-hybridized carbons (Fsp3) is 0.333. The maximum absolute atomic E-state index is 13.4. The Kier molecular flexibility index (Phi) is 2.36.